The van der Waals surface area contributed by atoms with Gasteiger partial charge in [0.2, 0.25) is 0 Å². The molecule has 0 aliphatic heterocycles. The molecule has 2 heteroatoms. The average molecular weight is 156 g/mol. The molecule has 0 amide bonds. The van der Waals surface area contributed by atoms with Crippen LogP contribution in [0.25, 0.3) is 0 Å². The summed E-state index contributed by atoms with van der Waals surface area (Å²) in [6.45, 7) is 10.8. The van der Waals surface area contributed by atoms with Gasteiger partial charge in [0.25, 0.3) is 0 Å². The van der Waals surface area contributed by atoms with Crippen LogP contribution < -0.4 is 0 Å². The summed E-state index contributed by atoms with van der Waals surface area (Å²) >= 11 is 0. The van der Waals surface area contributed by atoms with E-state index in [0.29, 0.717) is 0 Å². The van der Waals surface area contributed by atoms with Crippen LogP contribution in [0, 0.1) is 5.92 Å². The predicted octanol–water partition coefficient (Wildman–Crippen LogP) is 2.15. The largest absolute Gasteiger partial charge is 0.460 e. The zero-order valence-electron chi connectivity index (χ0n) is 7.68. The lowest BCUT2D eigenvalue weighted by Gasteiger charge is -2.20. The molecule has 0 fully saturated rings. The Labute approximate surface area is 68.2 Å². The van der Waals surface area contributed by atoms with Gasteiger partial charge in [0.05, 0.1) is 5.92 Å². The zero-order chi connectivity index (χ0) is 9.07. The topological polar surface area (TPSA) is 26.3 Å². The number of ether oxygens (including phenoxy) is 1. The fraction of sp³-hybridized carbons (Fsp3) is 0.667. The molecule has 0 heterocycles. The first-order valence-corrected chi connectivity index (χ1v) is 3.72. The van der Waals surface area contributed by atoms with Crippen LogP contribution in [-0.4, -0.2) is 11.6 Å². The monoisotopic (exact) mass is 156 g/mol. The molecule has 11 heavy (non-hydrogen) atoms. The maximum absolute atomic E-state index is 11.1. The second-order valence-corrected chi connectivity index (χ2v) is 3.56. The summed E-state index contributed by atoms with van der Waals surface area (Å²) < 4.78 is 5.08. The van der Waals surface area contributed by atoms with Gasteiger partial charge in [0.1, 0.15) is 5.60 Å². The minimum atomic E-state index is -0.394. The highest BCUT2D eigenvalue weighted by atomic mass is 16.6. The van der Waals surface area contributed by atoms with E-state index in [9.17, 15) is 4.79 Å². The normalized spacial score (nSPS) is 13.8. The van der Waals surface area contributed by atoms with Crippen molar-refractivity contribution in [2.24, 2.45) is 5.92 Å². The highest BCUT2D eigenvalue weighted by Crippen LogP contribution is 2.11. The molecule has 0 rings (SSSR count). The van der Waals surface area contributed by atoms with E-state index in [0.717, 1.165) is 0 Å². The molecule has 0 aromatic rings. The smallest absolute Gasteiger partial charge is 0.313 e. The highest BCUT2D eigenvalue weighted by Gasteiger charge is 2.19. The van der Waals surface area contributed by atoms with Crippen LogP contribution >= 0.6 is 0 Å². The highest BCUT2D eigenvalue weighted by molar-refractivity contribution is 5.74. The Balaban J connectivity index is 3.98. The van der Waals surface area contributed by atoms with Crippen LogP contribution in [-0.2, 0) is 9.53 Å². The van der Waals surface area contributed by atoms with Crippen molar-refractivity contribution in [1.29, 1.82) is 0 Å². The van der Waals surface area contributed by atoms with E-state index >= 15 is 0 Å². The van der Waals surface area contributed by atoms with Crippen LogP contribution in [0.3, 0.4) is 0 Å². The van der Waals surface area contributed by atoms with Crippen molar-refractivity contribution >= 4 is 5.97 Å². The van der Waals surface area contributed by atoms with E-state index in [1.165, 1.54) is 0 Å². The predicted molar refractivity (Wildman–Crippen MR) is 45.2 cm³/mol. The van der Waals surface area contributed by atoms with Crippen molar-refractivity contribution in [3.63, 3.8) is 0 Å². The Kier molecular flexibility index (Phi) is 3.30. The maximum Gasteiger partial charge on any atom is 0.313 e. The molecular formula is C9H16O2. The lowest BCUT2D eigenvalue weighted by Crippen LogP contribution is -2.26. The molecule has 64 valence electrons. The SMILES string of the molecule is C=CC(C)C(=O)OC(C)(C)C. The third kappa shape index (κ3) is 4.59. The number of rotatable bonds is 2. The van der Waals surface area contributed by atoms with E-state index < -0.39 is 5.60 Å². The van der Waals surface area contributed by atoms with Crippen LogP contribution in [0.2, 0.25) is 0 Å². The van der Waals surface area contributed by atoms with Gasteiger partial charge in [-0.2, -0.15) is 0 Å². The molecule has 0 spiro atoms. The van der Waals surface area contributed by atoms with Gasteiger partial charge in [-0.1, -0.05) is 6.08 Å². The van der Waals surface area contributed by atoms with Gasteiger partial charge in [0, 0.05) is 0 Å². The van der Waals surface area contributed by atoms with Crippen molar-refractivity contribution in [1.82, 2.24) is 0 Å². The van der Waals surface area contributed by atoms with Crippen LogP contribution in [0.1, 0.15) is 27.7 Å². The van der Waals surface area contributed by atoms with Gasteiger partial charge in [-0.25, -0.2) is 0 Å². The van der Waals surface area contributed by atoms with Gasteiger partial charge in [-0.3, -0.25) is 4.79 Å². The molecule has 0 radical (unpaired) electrons. The molecule has 0 saturated carbocycles. The molecular weight excluding hydrogens is 140 g/mol. The van der Waals surface area contributed by atoms with Crippen LogP contribution in [0.5, 0.6) is 0 Å². The Bertz CT molecular complexity index is 153. The standard InChI is InChI=1S/C9H16O2/c1-6-7(2)8(10)11-9(3,4)5/h6-7H,1H2,2-5H3. The van der Waals surface area contributed by atoms with E-state index in [-0.39, 0.29) is 11.9 Å². The zero-order valence-corrected chi connectivity index (χ0v) is 7.68. The molecule has 0 aliphatic rings. The van der Waals surface area contributed by atoms with E-state index in [2.05, 4.69) is 6.58 Å². The summed E-state index contributed by atoms with van der Waals surface area (Å²) in [7, 11) is 0. The number of hydrogen-bond donors (Lipinski definition) is 0. The van der Waals surface area contributed by atoms with Crippen molar-refractivity contribution < 1.29 is 9.53 Å². The number of hydrogen-bond acceptors (Lipinski definition) is 2. The van der Waals surface area contributed by atoms with Gasteiger partial charge in [-0.05, 0) is 27.7 Å². The second-order valence-electron chi connectivity index (χ2n) is 3.56. The molecule has 0 saturated heterocycles. The first-order chi connectivity index (χ1) is 4.87. The molecule has 2 nitrogen and oxygen atoms in total. The molecule has 0 aromatic carbocycles. The second kappa shape index (κ2) is 3.56. The Morgan fingerprint density at radius 3 is 2.27 bits per heavy atom. The summed E-state index contributed by atoms with van der Waals surface area (Å²) in [5.74, 6) is -0.429. The first-order valence-electron chi connectivity index (χ1n) is 3.72. The van der Waals surface area contributed by atoms with Crippen LogP contribution in [0.15, 0.2) is 12.7 Å². The number of esters is 1. The molecule has 1 unspecified atom stereocenters. The number of carbonyl (C=O) groups is 1. The van der Waals surface area contributed by atoms with Crippen molar-refractivity contribution in [2.75, 3.05) is 0 Å². The third-order valence-electron chi connectivity index (χ3n) is 1.13. The lowest BCUT2D eigenvalue weighted by atomic mass is 10.1. The Hall–Kier alpha value is -0.790. The molecule has 0 N–H and O–H groups in total. The molecule has 0 bridgehead atoms. The quantitative estimate of drug-likeness (QED) is 0.452. The van der Waals surface area contributed by atoms with Crippen molar-refractivity contribution in [3.8, 4) is 0 Å². The molecule has 0 aliphatic carbocycles. The van der Waals surface area contributed by atoms with Gasteiger partial charge in [-0.15, -0.1) is 6.58 Å². The summed E-state index contributed by atoms with van der Waals surface area (Å²) in [4.78, 5) is 11.1. The maximum atomic E-state index is 11.1. The minimum Gasteiger partial charge on any atom is -0.460 e. The molecule has 0 aromatic heterocycles. The van der Waals surface area contributed by atoms with E-state index in [1.54, 1.807) is 13.0 Å². The molecule has 1 atom stereocenters. The van der Waals surface area contributed by atoms with Crippen molar-refractivity contribution in [3.05, 3.63) is 12.7 Å². The first kappa shape index (κ1) is 10.2. The fourth-order valence-electron chi connectivity index (χ4n) is 0.491. The summed E-state index contributed by atoms with van der Waals surface area (Å²) in [5, 5.41) is 0. The van der Waals surface area contributed by atoms with E-state index in [4.69, 9.17) is 4.74 Å². The van der Waals surface area contributed by atoms with Crippen LogP contribution in [0.4, 0.5) is 0 Å². The van der Waals surface area contributed by atoms with Gasteiger partial charge >= 0.3 is 5.97 Å². The van der Waals surface area contributed by atoms with Gasteiger partial charge < -0.3 is 4.74 Å². The van der Waals surface area contributed by atoms with Crippen molar-refractivity contribution in [2.45, 2.75) is 33.3 Å². The Morgan fingerprint density at radius 2 is 2.00 bits per heavy atom. The third-order valence-corrected chi connectivity index (χ3v) is 1.13. The average Bonchev–Trinajstić information content (AvgIpc) is 1.82. The van der Waals surface area contributed by atoms with Gasteiger partial charge in [0.15, 0.2) is 0 Å². The fourth-order valence-corrected chi connectivity index (χ4v) is 0.491. The minimum absolute atomic E-state index is 0.214. The summed E-state index contributed by atoms with van der Waals surface area (Å²) in [6, 6.07) is 0. The lowest BCUT2D eigenvalue weighted by molar-refractivity contribution is -0.157. The van der Waals surface area contributed by atoms with E-state index in [1.807, 2.05) is 20.8 Å². The summed E-state index contributed by atoms with van der Waals surface area (Å²) in [5.41, 5.74) is -0.394. The Morgan fingerprint density at radius 1 is 1.55 bits per heavy atom. The number of carbonyl (C=O) groups excluding carboxylic acids is 1. The summed E-state index contributed by atoms with van der Waals surface area (Å²) in [6.07, 6.45) is 1.58.